The molecule has 0 radical (unpaired) electrons. The second-order valence-corrected chi connectivity index (χ2v) is 8.50. The van der Waals surface area contributed by atoms with E-state index in [9.17, 15) is 14.4 Å². The summed E-state index contributed by atoms with van der Waals surface area (Å²) in [6.07, 6.45) is 3.23. The largest absolute Gasteiger partial charge is 0.341 e. The van der Waals surface area contributed by atoms with E-state index in [2.05, 4.69) is 17.2 Å². The third-order valence-electron chi connectivity index (χ3n) is 6.28. The number of carbonyl (C=O) groups is 1. The zero-order chi connectivity index (χ0) is 24.0. The van der Waals surface area contributed by atoms with E-state index >= 15 is 0 Å². The van der Waals surface area contributed by atoms with Gasteiger partial charge < -0.3 is 16.0 Å². The molecule has 1 amide bonds. The normalized spacial score (nSPS) is 18.7. The van der Waals surface area contributed by atoms with Crippen LogP contribution in [0.2, 0.25) is 0 Å². The predicted molar refractivity (Wildman–Crippen MR) is 130 cm³/mol. The zero-order valence-corrected chi connectivity index (χ0v) is 19.0. The highest BCUT2D eigenvalue weighted by atomic mass is 16.2. The average Bonchev–Trinajstić information content (AvgIpc) is 3.37. The summed E-state index contributed by atoms with van der Waals surface area (Å²) in [5.41, 5.74) is 7.17. The Balaban J connectivity index is 1.74. The molecule has 10 heteroatoms. The number of benzene rings is 1. The molecule has 34 heavy (non-hydrogen) atoms. The molecule has 3 N–H and O–H groups in total. The first-order chi connectivity index (χ1) is 16.4. The van der Waals surface area contributed by atoms with Gasteiger partial charge >= 0.3 is 5.69 Å². The van der Waals surface area contributed by atoms with Crippen LogP contribution >= 0.6 is 0 Å². The van der Waals surface area contributed by atoms with Crippen LogP contribution in [0.4, 0.5) is 5.95 Å². The summed E-state index contributed by atoms with van der Waals surface area (Å²) in [4.78, 5) is 45.9. The molecule has 1 atom stereocenters. The summed E-state index contributed by atoms with van der Waals surface area (Å²) in [6, 6.07) is 7.04. The van der Waals surface area contributed by atoms with Crippen molar-refractivity contribution in [3.8, 4) is 11.8 Å². The topological polar surface area (TPSA) is 120 Å². The standard InChI is InChI=1S/C24H25N7O3/c1-3-4-12-30-19-20(27-23(30)29-11-7-8-15(25)13-29)28(2)24(34)31(22(19)33)14-18-16-9-5-6-10-17(16)21(32)26-18/h5-6,9-10,14-15H,7-8,11-13,25H2,1-2H3,(H,26,32)/b18-14-. The maximum Gasteiger partial charge on any atom is 0.336 e. The molecule has 0 bridgehead atoms. The van der Waals surface area contributed by atoms with Gasteiger partial charge in [-0.05, 0) is 25.8 Å². The van der Waals surface area contributed by atoms with Crippen molar-refractivity contribution in [1.82, 2.24) is 24.0 Å². The minimum atomic E-state index is -0.559. The lowest BCUT2D eigenvalue weighted by Crippen LogP contribution is -2.44. The number of hydrogen-bond acceptors (Lipinski definition) is 6. The molecule has 174 valence electrons. The van der Waals surface area contributed by atoms with Gasteiger partial charge in [-0.15, -0.1) is 5.92 Å². The Labute approximate surface area is 195 Å². The van der Waals surface area contributed by atoms with Gasteiger partial charge in [-0.1, -0.05) is 24.1 Å². The molecular weight excluding hydrogens is 434 g/mol. The van der Waals surface area contributed by atoms with Crippen molar-refractivity contribution in [2.75, 3.05) is 18.0 Å². The Morgan fingerprint density at radius 3 is 2.74 bits per heavy atom. The molecule has 2 aliphatic rings. The number of nitrogens with two attached hydrogens (primary N) is 1. The van der Waals surface area contributed by atoms with E-state index in [0.29, 0.717) is 29.3 Å². The van der Waals surface area contributed by atoms with Gasteiger partial charge in [-0.2, -0.15) is 4.98 Å². The third-order valence-corrected chi connectivity index (χ3v) is 6.28. The first kappa shape index (κ1) is 21.7. The van der Waals surface area contributed by atoms with Crippen LogP contribution in [0.15, 0.2) is 33.9 Å². The molecule has 1 aromatic carbocycles. The highest BCUT2D eigenvalue weighted by Crippen LogP contribution is 2.25. The van der Waals surface area contributed by atoms with E-state index in [1.54, 1.807) is 42.8 Å². The van der Waals surface area contributed by atoms with Crippen LogP contribution in [0.25, 0.3) is 23.1 Å². The Hall–Kier alpha value is -4.10. The van der Waals surface area contributed by atoms with Crippen molar-refractivity contribution >= 4 is 34.9 Å². The van der Waals surface area contributed by atoms with E-state index in [-0.39, 0.29) is 29.7 Å². The summed E-state index contributed by atoms with van der Waals surface area (Å²) in [7, 11) is 1.58. The first-order valence-electron chi connectivity index (χ1n) is 11.1. The second-order valence-electron chi connectivity index (χ2n) is 8.50. The van der Waals surface area contributed by atoms with Gasteiger partial charge in [-0.3, -0.25) is 18.7 Å². The molecule has 2 aromatic heterocycles. The van der Waals surface area contributed by atoms with Crippen molar-refractivity contribution in [2.24, 2.45) is 12.8 Å². The summed E-state index contributed by atoms with van der Waals surface area (Å²) in [6.45, 7) is 3.34. The van der Waals surface area contributed by atoms with Gasteiger partial charge in [0, 0.05) is 43.5 Å². The van der Waals surface area contributed by atoms with Gasteiger partial charge in [0.15, 0.2) is 11.2 Å². The van der Waals surface area contributed by atoms with Crippen molar-refractivity contribution in [2.45, 2.75) is 32.4 Å². The maximum atomic E-state index is 13.7. The first-order valence-corrected chi connectivity index (χ1v) is 11.1. The lowest BCUT2D eigenvalue weighted by atomic mass is 10.1. The number of nitrogens with zero attached hydrogens (tertiary/aromatic N) is 5. The van der Waals surface area contributed by atoms with Crippen LogP contribution in [-0.4, -0.2) is 43.7 Å². The number of piperidine rings is 1. The highest BCUT2D eigenvalue weighted by molar-refractivity contribution is 6.10. The minimum Gasteiger partial charge on any atom is -0.341 e. The quantitative estimate of drug-likeness (QED) is 0.552. The number of hydrogen-bond donors (Lipinski definition) is 2. The van der Waals surface area contributed by atoms with Crippen molar-refractivity contribution in [3.63, 3.8) is 0 Å². The zero-order valence-electron chi connectivity index (χ0n) is 19.0. The van der Waals surface area contributed by atoms with E-state index in [1.807, 2.05) is 4.90 Å². The van der Waals surface area contributed by atoms with E-state index in [1.165, 1.54) is 10.8 Å². The third kappa shape index (κ3) is 3.41. The number of anilines is 1. The van der Waals surface area contributed by atoms with E-state index in [0.717, 1.165) is 24.0 Å². The molecule has 1 unspecified atom stereocenters. The van der Waals surface area contributed by atoms with Gasteiger partial charge in [0.25, 0.3) is 11.5 Å². The Kier molecular flexibility index (Phi) is 5.34. The van der Waals surface area contributed by atoms with Crippen molar-refractivity contribution in [1.29, 1.82) is 0 Å². The molecule has 3 aromatic rings. The number of rotatable bonds is 3. The molecule has 1 fully saturated rings. The minimum absolute atomic E-state index is 0.00975. The second kappa shape index (κ2) is 8.35. The lowest BCUT2D eigenvalue weighted by molar-refractivity contribution is 0.0981. The number of carbonyl (C=O) groups excluding carboxylic acids is 1. The number of aryl methyl sites for hydroxylation is 1. The van der Waals surface area contributed by atoms with Gasteiger partial charge in [0.05, 0.1) is 12.2 Å². The smallest absolute Gasteiger partial charge is 0.336 e. The molecule has 0 spiro atoms. The number of amides is 1. The van der Waals surface area contributed by atoms with E-state index < -0.39 is 11.2 Å². The predicted octanol–water partition coefficient (Wildman–Crippen LogP) is 0.547. The monoisotopic (exact) mass is 459 g/mol. The van der Waals surface area contributed by atoms with Crippen LogP contribution < -0.4 is 27.2 Å². The Morgan fingerprint density at radius 2 is 2.00 bits per heavy atom. The molecule has 0 saturated carbocycles. The van der Waals surface area contributed by atoms with Crippen molar-refractivity contribution in [3.05, 3.63) is 56.2 Å². The SMILES string of the molecule is CC#CCn1c(N2CCCC(N)C2)nc2c1c(=O)n(/C=C1\NC(=O)c3ccccc31)c(=O)n2C. The lowest BCUT2D eigenvalue weighted by Gasteiger charge is -2.31. The fourth-order valence-corrected chi connectivity index (χ4v) is 4.59. The van der Waals surface area contributed by atoms with Crippen LogP contribution in [0.1, 0.15) is 35.7 Å². The van der Waals surface area contributed by atoms with Gasteiger partial charge in [0.2, 0.25) is 5.95 Å². The fraction of sp³-hybridized carbons (Fsp3) is 0.333. The highest BCUT2D eigenvalue weighted by Gasteiger charge is 2.27. The molecule has 1 saturated heterocycles. The maximum absolute atomic E-state index is 13.7. The number of imidazole rings is 1. The van der Waals surface area contributed by atoms with Crippen molar-refractivity contribution < 1.29 is 4.79 Å². The molecule has 2 aliphatic heterocycles. The molecular formula is C24H25N7O3. The summed E-state index contributed by atoms with van der Waals surface area (Å²) >= 11 is 0. The van der Waals surface area contributed by atoms with Gasteiger partial charge in [0.1, 0.15) is 0 Å². The summed E-state index contributed by atoms with van der Waals surface area (Å²) < 4.78 is 4.12. The molecule has 0 aliphatic carbocycles. The van der Waals surface area contributed by atoms with Crippen LogP contribution in [0.5, 0.6) is 0 Å². The average molecular weight is 460 g/mol. The number of nitrogens with one attached hydrogen (secondary N) is 1. The fourth-order valence-electron chi connectivity index (χ4n) is 4.59. The van der Waals surface area contributed by atoms with E-state index in [4.69, 9.17) is 10.7 Å². The summed E-state index contributed by atoms with van der Waals surface area (Å²) in [5, 5.41) is 2.75. The van der Waals surface area contributed by atoms with Gasteiger partial charge in [-0.25, -0.2) is 9.36 Å². The Morgan fingerprint density at radius 1 is 1.24 bits per heavy atom. The number of aromatic nitrogens is 4. The Bertz CT molecular complexity index is 1530. The molecule has 10 nitrogen and oxygen atoms in total. The molecule has 5 rings (SSSR count). The van der Waals surface area contributed by atoms with Crippen LogP contribution in [-0.2, 0) is 13.6 Å². The number of fused-ring (bicyclic) bond motifs is 2. The summed E-state index contributed by atoms with van der Waals surface area (Å²) in [5.74, 6) is 6.17. The molecule has 4 heterocycles. The van der Waals surface area contributed by atoms with Crippen LogP contribution in [0.3, 0.4) is 0 Å². The van der Waals surface area contributed by atoms with Crippen LogP contribution in [0, 0.1) is 11.8 Å².